The summed E-state index contributed by atoms with van der Waals surface area (Å²) in [7, 11) is 0. The maximum Gasteiger partial charge on any atom is 0.280 e. The number of thioether (sulfide) groups is 1. The summed E-state index contributed by atoms with van der Waals surface area (Å²) in [6, 6.07) is 12.9. The molecule has 2 fully saturated rings. The number of hydrazine groups is 1. The number of carbonyl (C=O) groups excluding carboxylic acids is 2. The maximum absolute atomic E-state index is 13.0. The number of benzene rings is 2. The standard InChI is InChI=1S/C22H20N4O6S2/c27-20(23-16-4-2-1-3-5-16)14-32-18-7-6-17(26(29)30)12-15(18)13-19-21(28)25(22(33)34-19)24-8-10-31-11-9-24/h1-7,12-13H,8-11,14H2,(H,23,27). The molecular formula is C22H20N4O6S2. The molecule has 1 N–H and O–H groups in total. The van der Waals surface area contributed by atoms with E-state index in [9.17, 15) is 19.7 Å². The molecule has 2 aromatic carbocycles. The van der Waals surface area contributed by atoms with Crippen LogP contribution in [0.5, 0.6) is 5.75 Å². The Morgan fingerprint density at radius 2 is 1.97 bits per heavy atom. The second-order valence-corrected chi connectivity index (χ2v) is 8.92. The zero-order valence-electron chi connectivity index (χ0n) is 17.8. The third-order valence-corrected chi connectivity index (χ3v) is 6.23. The second-order valence-electron chi connectivity index (χ2n) is 7.24. The van der Waals surface area contributed by atoms with E-state index in [2.05, 4.69) is 5.32 Å². The number of thiocarbonyl (C=S) groups is 1. The van der Waals surface area contributed by atoms with Gasteiger partial charge in [0.25, 0.3) is 17.5 Å². The van der Waals surface area contributed by atoms with Gasteiger partial charge in [0.15, 0.2) is 10.9 Å². The summed E-state index contributed by atoms with van der Waals surface area (Å²) in [6.07, 6.45) is 1.50. The zero-order valence-corrected chi connectivity index (χ0v) is 19.5. The number of nitrogens with one attached hydrogen (secondary N) is 1. The Labute approximate surface area is 204 Å². The van der Waals surface area contributed by atoms with Crippen LogP contribution >= 0.6 is 24.0 Å². The molecule has 2 aliphatic rings. The molecule has 176 valence electrons. The van der Waals surface area contributed by atoms with Crippen molar-refractivity contribution in [2.24, 2.45) is 0 Å². The molecule has 2 aromatic rings. The summed E-state index contributed by atoms with van der Waals surface area (Å²) in [5.74, 6) is -0.490. The normalized spacial score (nSPS) is 17.8. The van der Waals surface area contributed by atoms with Crippen LogP contribution < -0.4 is 10.1 Å². The van der Waals surface area contributed by atoms with Crippen molar-refractivity contribution in [1.29, 1.82) is 0 Å². The molecule has 34 heavy (non-hydrogen) atoms. The fraction of sp³-hybridized carbons (Fsp3) is 0.227. The first kappa shape index (κ1) is 23.8. The van der Waals surface area contributed by atoms with Gasteiger partial charge in [0.05, 0.1) is 23.0 Å². The van der Waals surface area contributed by atoms with Gasteiger partial charge in [-0.2, -0.15) is 0 Å². The third kappa shape index (κ3) is 5.59. The van der Waals surface area contributed by atoms with Gasteiger partial charge in [-0.3, -0.25) is 19.7 Å². The highest BCUT2D eigenvalue weighted by Crippen LogP contribution is 2.36. The number of anilines is 1. The SMILES string of the molecule is O=C(COc1ccc([N+](=O)[O-])cc1C=C1SC(=S)N(N2CCOCC2)C1=O)Nc1ccccc1. The monoisotopic (exact) mass is 500 g/mol. The van der Waals surface area contributed by atoms with Crippen molar-refractivity contribution < 1.29 is 24.0 Å². The van der Waals surface area contributed by atoms with Crippen LogP contribution in [0.2, 0.25) is 0 Å². The van der Waals surface area contributed by atoms with Crippen LogP contribution in [0.15, 0.2) is 53.4 Å². The molecule has 2 heterocycles. The number of non-ortho nitro benzene ring substituents is 1. The van der Waals surface area contributed by atoms with Crippen LogP contribution in [0, 0.1) is 10.1 Å². The fourth-order valence-electron chi connectivity index (χ4n) is 3.35. The Bertz CT molecular complexity index is 1150. The highest BCUT2D eigenvalue weighted by Gasteiger charge is 2.37. The number of hydrogen-bond donors (Lipinski definition) is 1. The summed E-state index contributed by atoms with van der Waals surface area (Å²) in [6.45, 7) is 1.72. The van der Waals surface area contributed by atoms with Gasteiger partial charge < -0.3 is 14.8 Å². The molecule has 4 rings (SSSR count). The minimum atomic E-state index is -0.540. The van der Waals surface area contributed by atoms with E-state index in [4.69, 9.17) is 21.7 Å². The summed E-state index contributed by atoms with van der Waals surface area (Å²) >= 11 is 6.49. The van der Waals surface area contributed by atoms with E-state index in [-0.39, 0.29) is 24.0 Å². The predicted octanol–water partition coefficient (Wildman–Crippen LogP) is 3.06. The van der Waals surface area contributed by atoms with Crippen molar-refractivity contribution in [3.05, 3.63) is 69.1 Å². The van der Waals surface area contributed by atoms with Gasteiger partial charge in [-0.25, -0.2) is 10.0 Å². The van der Waals surface area contributed by atoms with Crippen LogP contribution in [0.25, 0.3) is 6.08 Å². The molecule has 2 aliphatic heterocycles. The number of carbonyl (C=O) groups is 2. The molecule has 10 nitrogen and oxygen atoms in total. The molecule has 0 unspecified atom stereocenters. The number of morpholine rings is 1. The number of amides is 2. The van der Waals surface area contributed by atoms with E-state index in [1.165, 1.54) is 29.3 Å². The molecule has 0 spiro atoms. The quantitative estimate of drug-likeness (QED) is 0.265. The van der Waals surface area contributed by atoms with Crippen molar-refractivity contribution in [3.8, 4) is 5.75 Å². The number of nitro groups is 1. The molecule has 0 radical (unpaired) electrons. The molecule has 2 amide bonds. The summed E-state index contributed by atoms with van der Waals surface area (Å²) in [4.78, 5) is 36.4. The van der Waals surface area contributed by atoms with E-state index < -0.39 is 10.8 Å². The number of nitrogens with zero attached hydrogens (tertiary/aromatic N) is 3. The first-order chi connectivity index (χ1) is 16.4. The molecule has 0 bridgehead atoms. The number of hydrogen-bond acceptors (Lipinski definition) is 9. The molecule has 0 atom stereocenters. The molecule has 0 aliphatic carbocycles. The topological polar surface area (TPSA) is 114 Å². The van der Waals surface area contributed by atoms with Crippen LogP contribution in [0.3, 0.4) is 0 Å². The van der Waals surface area contributed by atoms with Crippen LogP contribution in [0.4, 0.5) is 11.4 Å². The molecule has 12 heteroatoms. The van der Waals surface area contributed by atoms with Crippen LogP contribution in [-0.4, -0.2) is 64.0 Å². The minimum Gasteiger partial charge on any atom is -0.483 e. The van der Waals surface area contributed by atoms with Crippen LogP contribution in [0.1, 0.15) is 5.56 Å². The molecule has 0 aromatic heterocycles. The Hall–Kier alpha value is -3.32. The summed E-state index contributed by atoms with van der Waals surface area (Å²) in [5, 5.41) is 17.3. The highest BCUT2D eigenvalue weighted by molar-refractivity contribution is 8.26. The number of nitro benzene ring substituents is 1. The molecule has 2 saturated heterocycles. The summed E-state index contributed by atoms with van der Waals surface area (Å²) in [5.41, 5.74) is 0.743. The Morgan fingerprint density at radius 3 is 2.68 bits per heavy atom. The van der Waals surface area contributed by atoms with Gasteiger partial charge in [0.2, 0.25) is 0 Å². The number of rotatable bonds is 7. The number of ether oxygens (including phenoxy) is 2. The van der Waals surface area contributed by atoms with E-state index in [0.29, 0.717) is 46.8 Å². The van der Waals surface area contributed by atoms with E-state index in [1.807, 2.05) is 11.1 Å². The molecule has 0 saturated carbocycles. The molecular weight excluding hydrogens is 480 g/mol. The highest BCUT2D eigenvalue weighted by atomic mass is 32.2. The van der Waals surface area contributed by atoms with Crippen molar-refractivity contribution in [2.45, 2.75) is 0 Å². The van der Waals surface area contributed by atoms with Crippen LogP contribution in [-0.2, 0) is 14.3 Å². The van der Waals surface area contributed by atoms with E-state index >= 15 is 0 Å². The maximum atomic E-state index is 13.0. The lowest BCUT2D eigenvalue weighted by molar-refractivity contribution is -0.384. The Morgan fingerprint density at radius 1 is 1.24 bits per heavy atom. The van der Waals surface area contributed by atoms with E-state index in [1.54, 1.807) is 24.3 Å². The minimum absolute atomic E-state index is 0.170. The average molecular weight is 501 g/mol. The summed E-state index contributed by atoms with van der Waals surface area (Å²) < 4.78 is 11.3. The fourth-order valence-corrected chi connectivity index (χ4v) is 4.65. The van der Waals surface area contributed by atoms with Gasteiger partial charge in [-0.05, 0) is 24.3 Å². The van der Waals surface area contributed by atoms with Gasteiger partial charge >= 0.3 is 0 Å². The van der Waals surface area contributed by atoms with Gasteiger partial charge in [-0.1, -0.05) is 42.2 Å². The van der Waals surface area contributed by atoms with Crippen molar-refractivity contribution in [2.75, 3.05) is 38.2 Å². The third-order valence-electron chi connectivity index (χ3n) is 4.95. The number of para-hydroxylation sites is 1. The first-order valence-electron chi connectivity index (χ1n) is 10.3. The average Bonchev–Trinajstić information content (AvgIpc) is 3.11. The Kier molecular flexibility index (Phi) is 7.53. The predicted molar refractivity (Wildman–Crippen MR) is 131 cm³/mol. The Balaban J connectivity index is 1.54. The van der Waals surface area contributed by atoms with E-state index in [0.717, 1.165) is 11.8 Å². The lowest BCUT2D eigenvalue weighted by atomic mass is 10.1. The lowest BCUT2D eigenvalue weighted by Crippen LogP contribution is -2.50. The largest absolute Gasteiger partial charge is 0.483 e. The van der Waals surface area contributed by atoms with Gasteiger partial charge in [0, 0.05) is 36.5 Å². The van der Waals surface area contributed by atoms with Crippen molar-refractivity contribution in [1.82, 2.24) is 10.0 Å². The second kappa shape index (κ2) is 10.7. The lowest BCUT2D eigenvalue weighted by Gasteiger charge is -2.33. The van der Waals surface area contributed by atoms with Gasteiger partial charge in [-0.15, -0.1) is 0 Å². The smallest absolute Gasteiger partial charge is 0.280 e. The van der Waals surface area contributed by atoms with Crippen molar-refractivity contribution >= 4 is 57.6 Å². The first-order valence-corrected chi connectivity index (χ1v) is 11.5. The zero-order chi connectivity index (χ0) is 24.1. The van der Waals surface area contributed by atoms with Gasteiger partial charge in [0.1, 0.15) is 5.75 Å². The van der Waals surface area contributed by atoms with Crippen molar-refractivity contribution in [3.63, 3.8) is 0 Å².